The standard InChI is InChI=1S/C10H15NO2S/c1-3-7(10(12)13-2)9(11)8-5-4-6-14-8/h4-7,9H,3,11H2,1-2H3. The monoisotopic (exact) mass is 213 g/mol. The van der Waals surface area contributed by atoms with Crippen LogP contribution in [0.1, 0.15) is 24.3 Å². The van der Waals surface area contributed by atoms with Crippen molar-refractivity contribution in [2.24, 2.45) is 11.7 Å². The minimum atomic E-state index is -0.243. The van der Waals surface area contributed by atoms with Crippen LogP contribution in [-0.4, -0.2) is 13.1 Å². The van der Waals surface area contributed by atoms with Crippen LogP contribution in [0.4, 0.5) is 0 Å². The lowest BCUT2D eigenvalue weighted by Gasteiger charge is -2.18. The molecule has 1 aromatic heterocycles. The van der Waals surface area contributed by atoms with Crippen molar-refractivity contribution < 1.29 is 9.53 Å². The van der Waals surface area contributed by atoms with Gasteiger partial charge in [-0.25, -0.2) is 0 Å². The largest absolute Gasteiger partial charge is 0.469 e. The molecule has 0 fully saturated rings. The topological polar surface area (TPSA) is 52.3 Å². The molecule has 2 N–H and O–H groups in total. The average Bonchev–Trinajstić information content (AvgIpc) is 2.71. The molecule has 0 aliphatic carbocycles. The van der Waals surface area contributed by atoms with Gasteiger partial charge in [0.2, 0.25) is 0 Å². The number of carbonyl (C=O) groups excluding carboxylic acids is 1. The first kappa shape index (κ1) is 11.2. The fraction of sp³-hybridized carbons (Fsp3) is 0.500. The van der Waals surface area contributed by atoms with Gasteiger partial charge in [0.25, 0.3) is 0 Å². The summed E-state index contributed by atoms with van der Waals surface area (Å²) in [4.78, 5) is 12.4. The van der Waals surface area contributed by atoms with Crippen LogP contribution in [0.25, 0.3) is 0 Å². The summed E-state index contributed by atoms with van der Waals surface area (Å²) in [5, 5.41) is 1.96. The summed E-state index contributed by atoms with van der Waals surface area (Å²) in [6.45, 7) is 1.94. The summed E-state index contributed by atoms with van der Waals surface area (Å²) in [6.07, 6.45) is 0.700. The van der Waals surface area contributed by atoms with Gasteiger partial charge in [-0.2, -0.15) is 0 Å². The predicted molar refractivity (Wildman–Crippen MR) is 57.0 cm³/mol. The number of hydrogen-bond donors (Lipinski definition) is 1. The smallest absolute Gasteiger partial charge is 0.310 e. The Balaban J connectivity index is 2.75. The molecule has 3 nitrogen and oxygen atoms in total. The third kappa shape index (κ3) is 2.33. The molecule has 14 heavy (non-hydrogen) atoms. The van der Waals surface area contributed by atoms with Crippen molar-refractivity contribution >= 4 is 17.3 Å². The molecular formula is C10H15NO2S. The number of esters is 1. The summed E-state index contributed by atoms with van der Waals surface area (Å²) in [6, 6.07) is 3.64. The second kappa shape index (κ2) is 5.12. The Labute approximate surface area is 87.9 Å². The molecule has 0 saturated carbocycles. The molecule has 0 spiro atoms. The van der Waals surface area contributed by atoms with Crippen LogP contribution in [0.2, 0.25) is 0 Å². The lowest BCUT2D eigenvalue weighted by atomic mass is 9.96. The van der Waals surface area contributed by atoms with Gasteiger partial charge >= 0.3 is 5.97 Å². The minimum Gasteiger partial charge on any atom is -0.469 e. The van der Waals surface area contributed by atoms with Crippen LogP contribution < -0.4 is 5.73 Å². The molecule has 0 amide bonds. The Morgan fingerprint density at radius 3 is 2.86 bits per heavy atom. The first-order valence-corrected chi connectivity index (χ1v) is 5.45. The molecule has 1 rings (SSSR count). The van der Waals surface area contributed by atoms with E-state index in [0.717, 1.165) is 4.88 Å². The second-order valence-corrected chi connectivity index (χ2v) is 4.06. The van der Waals surface area contributed by atoms with Crippen LogP contribution >= 0.6 is 11.3 Å². The van der Waals surface area contributed by atoms with Gasteiger partial charge in [-0.3, -0.25) is 4.79 Å². The number of rotatable bonds is 4. The number of carbonyl (C=O) groups is 1. The van der Waals surface area contributed by atoms with E-state index >= 15 is 0 Å². The lowest BCUT2D eigenvalue weighted by Crippen LogP contribution is -2.28. The maximum atomic E-state index is 11.4. The summed E-state index contributed by atoms with van der Waals surface area (Å²) in [7, 11) is 1.39. The fourth-order valence-corrected chi connectivity index (χ4v) is 2.19. The molecule has 0 aliphatic rings. The van der Waals surface area contributed by atoms with Crippen molar-refractivity contribution in [3.8, 4) is 0 Å². The minimum absolute atomic E-state index is 0.228. The fourth-order valence-electron chi connectivity index (χ4n) is 1.40. The van der Waals surface area contributed by atoms with E-state index in [-0.39, 0.29) is 17.9 Å². The van der Waals surface area contributed by atoms with Gasteiger partial charge in [-0.15, -0.1) is 11.3 Å². The molecule has 2 unspecified atom stereocenters. The van der Waals surface area contributed by atoms with Crippen LogP contribution in [0.5, 0.6) is 0 Å². The van der Waals surface area contributed by atoms with Crippen LogP contribution in [0.3, 0.4) is 0 Å². The van der Waals surface area contributed by atoms with Gasteiger partial charge in [0, 0.05) is 4.88 Å². The van der Waals surface area contributed by atoms with Gasteiger partial charge in [0.05, 0.1) is 19.1 Å². The lowest BCUT2D eigenvalue weighted by molar-refractivity contribution is -0.146. The third-order valence-corrected chi connectivity index (χ3v) is 3.22. The summed E-state index contributed by atoms with van der Waals surface area (Å²) < 4.78 is 4.71. The van der Waals surface area contributed by atoms with Gasteiger partial charge < -0.3 is 10.5 Å². The molecule has 0 radical (unpaired) electrons. The molecule has 0 aliphatic heterocycles. The molecule has 0 bridgehead atoms. The van der Waals surface area contributed by atoms with Gasteiger partial charge in [0.15, 0.2) is 0 Å². The predicted octanol–water partition coefficient (Wildman–Crippen LogP) is 1.95. The summed E-state index contributed by atoms with van der Waals surface area (Å²) in [5.41, 5.74) is 5.98. The molecule has 4 heteroatoms. The van der Waals surface area contributed by atoms with E-state index in [9.17, 15) is 4.79 Å². The van der Waals surface area contributed by atoms with E-state index in [1.807, 2.05) is 24.4 Å². The zero-order chi connectivity index (χ0) is 10.6. The number of methoxy groups -OCH3 is 1. The molecule has 1 heterocycles. The Kier molecular flexibility index (Phi) is 4.10. The molecule has 0 saturated heterocycles. The van der Waals surface area contributed by atoms with Crippen LogP contribution in [0, 0.1) is 5.92 Å². The average molecular weight is 213 g/mol. The highest BCUT2D eigenvalue weighted by atomic mass is 32.1. The number of nitrogens with two attached hydrogens (primary N) is 1. The van der Waals surface area contributed by atoms with Crippen molar-refractivity contribution in [1.29, 1.82) is 0 Å². The highest BCUT2D eigenvalue weighted by Gasteiger charge is 2.26. The van der Waals surface area contributed by atoms with Crippen molar-refractivity contribution in [2.75, 3.05) is 7.11 Å². The normalized spacial score (nSPS) is 14.8. The Hall–Kier alpha value is -0.870. The van der Waals surface area contributed by atoms with Crippen molar-refractivity contribution in [3.63, 3.8) is 0 Å². The Morgan fingerprint density at radius 1 is 1.71 bits per heavy atom. The first-order chi connectivity index (χ1) is 6.70. The number of thiophene rings is 1. The van der Waals surface area contributed by atoms with Crippen LogP contribution in [-0.2, 0) is 9.53 Å². The Morgan fingerprint density at radius 2 is 2.43 bits per heavy atom. The van der Waals surface area contributed by atoms with Crippen LogP contribution in [0.15, 0.2) is 17.5 Å². The maximum Gasteiger partial charge on any atom is 0.310 e. The van der Waals surface area contributed by atoms with Gasteiger partial charge in [-0.1, -0.05) is 13.0 Å². The van der Waals surface area contributed by atoms with Crippen molar-refractivity contribution in [2.45, 2.75) is 19.4 Å². The molecule has 1 aromatic rings. The van der Waals surface area contributed by atoms with E-state index in [4.69, 9.17) is 10.5 Å². The van der Waals surface area contributed by atoms with Gasteiger partial charge in [0.1, 0.15) is 0 Å². The molecule has 2 atom stereocenters. The quantitative estimate of drug-likeness (QED) is 0.778. The summed E-state index contributed by atoms with van der Waals surface area (Å²) in [5.74, 6) is -0.466. The van der Waals surface area contributed by atoms with Gasteiger partial charge in [-0.05, 0) is 17.9 Å². The zero-order valence-electron chi connectivity index (χ0n) is 8.40. The maximum absolute atomic E-state index is 11.4. The highest BCUT2D eigenvalue weighted by molar-refractivity contribution is 7.10. The van der Waals surface area contributed by atoms with E-state index in [0.29, 0.717) is 6.42 Å². The van der Waals surface area contributed by atoms with Crippen molar-refractivity contribution in [3.05, 3.63) is 22.4 Å². The number of ether oxygens (including phenoxy) is 1. The van der Waals surface area contributed by atoms with Crippen molar-refractivity contribution in [1.82, 2.24) is 0 Å². The van der Waals surface area contributed by atoms with E-state index < -0.39 is 0 Å². The molecule has 0 aromatic carbocycles. The highest BCUT2D eigenvalue weighted by Crippen LogP contribution is 2.26. The Bertz CT molecular complexity index is 284. The number of hydrogen-bond acceptors (Lipinski definition) is 4. The first-order valence-electron chi connectivity index (χ1n) is 4.57. The van der Waals surface area contributed by atoms with E-state index in [1.165, 1.54) is 7.11 Å². The molecular weight excluding hydrogens is 198 g/mol. The second-order valence-electron chi connectivity index (χ2n) is 3.08. The van der Waals surface area contributed by atoms with E-state index in [1.54, 1.807) is 11.3 Å². The SMILES string of the molecule is CCC(C(=O)OC)C(N)c1cccs1. The molecule has 78 valence electrons. The third-order valence-electron chi connectivity index (χ3n) is 2.25. The summed E-state index contributed by atoms with van der Waals surface area (Å²) >= 11 is 1.57. The van der Waals surface area contributed by atoms with E-state index in [2.05, 4.69) is 0 Å². The zero-order valence-corrected chi connectivity index (χ0v) is 9.21.